The van der Waals surface area contributed by atoms with E-state index in [1.54, 1.807) is 19.1 Å². The Morgan fingerprint density at radius 3 is 2.55 bits per heavy atom. The molecule has 0 saturated heterocycles. The largest absolute Gasteiger partial charge is 0.504 e. The second kappa shape index (κ2) is 7.37. The maximum atomic E-state index is 11.7. The van der Waals surface area contributed by atoms with Crippen molar-refractivity contribution in [1.29, 1.82) is 0 Å². The van der Waals surface area contributed by atoms with Gasteiger partial charge in [-0.25, -0.2) is 4.79 Å². The lowest BCUT2D eigenvalue weighted by atomic mass is 9.99. The summed E-state index contributed by atoms with van der Waals surface area (Å²) >= 11 is 0. The number of phenolic OH excluding ortho intramolecular Hbond substituents is 1. The number of hydrogen-bond acceptors (Lipinski definition) is 4. The Balaban J connectivity index is 2.55. The van der Waals surface area contributed by atoms with E-state index in [9.17, 15) is 14.7 Å². The van der Waals surface area contributed by atoms with E-state index in [0.29, 0.717) is 6.42 Å². The van der Waals surface area contributed by atoms with Gasteiger partial charge in [0.15, 0.2) is 18.1 Å². The number of carbonyl (C=O) groups excluding carboxylic acids is 1. The molecule has 1 rings (SSSR count). The van der Waals surface area contributed by atoms with Gasteiger partial charge in [-0.2, -0.15) is 0 Å². The minimum atomic E-state index is -1.07. The standard InChI is InChI=1S/C14H19NO5/c1-3-9(2)13(14(18)19)15-12(17)8-20-11-7-5-4-6-10(11)16/h4-7,9,13,16H,3,8H2,1-2H3,(H,15,17)(H,18,19). The number of benzene rings is 1. The maximum Gasteiger partial charge on any atom is 0.326 e. The van der Waals surface area contributed by atoms with Gasteiger partial charge >= 0.3 is 5.97 Å². The number of rotatable bonds is 7. The van der Waals surface area contributed by atoms with Crippen LogP contribution in [0.15, 0.2) is 24.3 Å². The molecule has 2 atom stereocenters. The van der Waals surface area contributed by atoms with Crippen molar-refractivity contribution in [2.24, 2.45) is 5.92 Å². The van der Waals surface area contributed by atoms with Crippen LogP contribution < -0.4 is 10.1 Å². The van der Waals surface area contributed by atoms with Crippen LogP contribution in [0.5, 0.6) is 11.5 Å². The van der Waals surface area contributed by atoms with Crippen LogP contribution >= 0.6 is 0 Å². The van der Waals surface area contributed by atoms with E-state index in [1.807, 2.05) is 6.92 Å². The second-order valence-electron chi connectivity index (χ2n) is 4.53. The Labute approximate surface area is 117 Å². The van der Waals surface area contributed by atoms with Crippen molar-refractivity contribution >= 4 is 11.9 Å². The Morgan fingerprint density at radius 2 is 2.00 bits per heavy atom. The average Bonchev–Trinajstić information content (AvgIpc) is 2.42. The van der Waals surface area contributed by atoms with Crippen LogP contribution in [-0.2, 0) is 9.59 Å². The number of aliphatic carboxylic acids is 1. The molecular weight excluding hydrogens is 262 g/mol. The summed E-state index contributed by atoms with van der Waals surface area (Å²) in [6, 6.07) is 5.30. The van der Waals surface area contributed by atoms with Gasteiger partial charge in [-0.05, 0) is 18.1 Å². The third-order valence-electron chi connectivity index (χ3n) is 3.02. The first-order chi connectivity index (χ1) is 9.45. The molecular formula is C14H19NO5. The monoisotopic (exact) mass is 281 g/mol. The van der Waals surface area contributed by atoms with Crippen LogP contribution in [-0.4, -0.2) is 34.7 Å². The zero-order chi connectivity index (χ0) is 15.1. The normalized spacial score (nSPS) is 13.3. The van der Waals surface area contributed by atoms with Crippen LogP contribution in [0.3, 0.4) is 0 Å². The first-order valence-electron chi connectivity index (χ1n) is 6.38. The highest BCUT2D eigenvalue weighted by Crippen LogP contribution is 2.24. The number of aromatic hydroxyl groups is 1. The summed E-state index contributed by atoms with van der Waals surface area (Å²) in [5, 5.41) is 20.9. The van der Waals surface area contributed by atoms with Crippen molar-refractivity contribution in [2.45, 2.75) is 26.3 Å². The minimum absolute atomic E-state index is 0.0722. The van der Waals surface area contributed by atoms with Gasteiger partial charge in [0.05, 0.1) is 0 Å². The highest BCUT2D eigenvalue weighted by atomic mass is 16.5. The zero-order valence-corrected chi connectivity index (χ0v) is 11.5. The molecule has 110 valence electrons. The number of nitrogens with one attached hydrogen (secondary N) is 1. The van der Waals surface area contributed by atoms with E-state index < -0.39 is 17.9 Å². The van der Waals surface area contributed by atoms with Gasteiger partial charge in [-0.15, -0.1) is 0 Å². The summed E-state index contributed by atoms with van der Waals surface area (Å²) < 4.78 is 5.14. The van der Waals surface area contributed by atoms with E-state index in [-0.39, 0.29) is 24.0 Å². The van der Waals surface area contributed by atoms with Crippen LogP contribution in [0.4, 0.5) is 0 Å². The van der Waals surface area contributed by atoms with Crippen LogP contribution in [0.2, 0.25) is 0 Å². The molecule has 0 aliphatic heterocycles. The van der Waals surface area contributed by atoms with E-state index >= 15 is 0 Å². The lowest BCUT2D eigenvalue weighted by Gasteiger charge is -2.20. The molecule has 1 aromatic carbocycles. The van der Waals surface area contributed by atoms with E-state index in [4.69, 9.17) is 9.84 Å². The predicted molar refractivity (Wildman–Crippen MR) is 72.6 cm³/mol. The summed E-state index contributed by atoms with van der Waals surface area (Å²) in [4.78, 5) is 22.7. The number of carboxylic acids is 1. The predicted octanol–water partition coefficient (Wildman–Crippen LogP) is 1.39. The average molecular weight is 281 g/mol. The van der Waals surface area contributed by atoms with Crippen molar-refractivity contribution in [3.63, 3.8) is 0 Å². The van der Waals surface area contributed by atoms with Gasteiger partial charge in [0.1, 0.15) is 6.04 Å². The fourth-order valence-corrected chi connectivity index (χ4v) is 1.62. The van der Waals surface area contributed by atoms with Crippen molar-refractivity contribution < 1.29 is 24.5 Å². The zero-order valence-electron chi connectivity index (χ0n) is 11.5. The fraction of sp³-hybridized carbons (Fsp3) is 0.429. The number of amides is 1. The first-order valence-corrected chi connectivity index (χ1v) is 6.38. The molecule has 0 bridgehead atoms. The topological polar surface area (TPSA) is 95.9 Å². The van der Waals surface area contributed by atoms with Gasteiger partial charge in [0.25, 0.3) is 5.91 Å². The van der Waals surface area contributed by atoms with Gasteiger partial charge in [0.2, 0.25) is 0 Å². The Bertz CT molecular complexity index is 474. The molecule has 0 aromatic heterocycles. The molecule has 0 heterocycles. The number of phenols is 1. The Hall–Kier alpha value is -2.24. The smallest absolute Gasteiger partial charge is 0.326 e. The third-order valence-corrected chi connectivity index (χ3v) is 3.02. The van der Waals surface area contributed by atoms with Crippen molar-refractivity contribution in [3.05, 3.63) is 24.3 Å². The van der Waals surface area contributed by atoms with Crippen molar-refractivity contribution in [1.82, 2.24) is 5.32 Å². The third kappa shape index (κ3) is 4.46. The molecule has 0 saturated carbocycles. The molecule has 3 N–H and O–H groups in total. The highest BCUT2D eigenvalue weighted by molar-refractivity contribution is 5.84. The molecule has 0 aliphatic carbocycles. The first kappa shape index (κ1) is 15.8. The lowest BCUT2D eigenvalue weighted by Crippen LogP contribution is -2.46. The van der Waals surface area contributed by atoms with Crippen LogP contribution in [0.1, 0.15) is 20.3 Å². The number of para-hydroxylation sites is 2. The molecule has 0 spiro atoms. The van der Waals surface area contributed by atoms with Gasteiger partial charge < -0.3 is 20.3 Å². The molecule has 6 nitrogen and oxygen atoms in total. The fourth-order valence-electron chi connectivity index (χ4n) is 1.62. The van der Waals surface area contributed by atoms with Gasteiger partial charge in [-0.1, -0.05) is 32.4 Å². The summed E-state index contributed by atoms with van der Waals surface area (Å²) in [5.41, 5.74) is 0. The molecule has 20 heavy (non-hydrogen) atoms. The van der Waals surface area contributed by atoms with Crippen molar-refractivity contribution in [2.75, 3.05) is 6.61 Å². The van der Waals surface area contributed by atoms with Crippen LogP contribution in [0, 0.1) is 5.92 Å². The van der Waals surface area contributed by atoms with Crippen molar-refractivity contribution in [3.8, 4) is 11.5 Å². The molecule has 2 unspecified atom stereocenters. The molecule has 0 radical (unpaired) electrons. The quantitative estimate of drug-likeness (QED) is 0.702. The molecule has 0 fully saturated rings. The Morgan fingerprint density at radius 1 is 1.35 bits per heavy atom. The van der Waals surface area contributed by atoms with E-state index in [1.165, 1.54) is 12.1 Å². The molecule has 1 amide bonds. The highest BCUT2D eigenvalue weighted by Gasteiger charge is 2.25. The SMILES string of the molecule is CCC(C)C(NC(=O)COc1ccccc1O)C(=O)O. The van der Waals surface area contributed by atoms with Gasteiger partial charge in [-0.3, -0.25) is 4.79 Å². The number of carbonyl (C=O) groups is 2. The Kier molecular flexibility index (Phi) is 5.83. The van der Waals surface area contributed by atoms with E-state index in [2.05, 4.69) is 5.32 Å². The summed E-state index contributed by atoms with van der Waals surface area (Å²) in [5.74, 6) is -1.69. The minimum Gasteiger partial charge on any atom is -0.504 e. The summed E-state index contributed by atoms with van der Waals surface area (Å²) in [6.45, 7) is 3.26. The molecule has 0 aliphatic rings. The molecule has 6 heteroatoms. The molecule has 1 aromatic rings. The number of hydrogen-bond donors (Lipinski definition) is 3. The summed E-state index contributed by atoms with van der Waals surface area (Å²) in [6.07, 6.45) is 0.636. The number of ether oxygens (including phenoxy) is 1. The summed E-state index contributed by atoms with van der Waals surface area (Å²) in [7, 11) is 0. The maximum absolute atomic E-state index is 11.7. The van der Waals surface area contributed by atoms with Crippen LogP contribution in [0.25, 0.3) is 0 Å². The van der Waals surface area contributed by atoms with Gasteiger partial charge in [0, 0.05) is 0 Å². The second-order valence-corrected chi connectivity index (χ2v) is 4.53. The van der Waals surface area contributed by atoms with E-state index in [0.717, 1.165) is 0 Å². The lowest BCUT2D eigenvalue weighted by molar-refractivity contribution is -0.143. The number of carboxylic acid groups (broad SMARTS) is 1.